The molecule has 0 amide bonds. The normalized spacial score (nSPS) is 21.5. The van der Waals surface area contributed by atoms with E-state index in [-0.39, 0.29) is 12.0 Å². The van der Waals surface area contributed by atoms with Crippen molar-refractivity contribution in [1.82, 2.24) is 10.7 Å². The average molecular weight is 297 g/mol. The lowest BCUT2D eigenvalue weighted by Gasteiger charge is -2.25. The molecule has 3 rings (SSSR count). The molecule has 0 spiro atoms. The van der Waals surface area contributed by atoms with Crippen molar-refractivity contribution < 1.29 is 0 Å². The lowest BCUT2D eigenvalue weighted by Crippen LogP contribution is -2.23. The smallest absolute Gasteiger partial charge is 0.0976 e. The predicted octanol–water partition coefficient (Wildman–Crippen LogP) is 3.02. The number of dihydropyridines is 1. The van der Waals surface area contributed by atoms with Crippen LogP contribution in [0.15, 0.2) is 28.6 Å². The van der Waals surface area contributed by atoms with Crippen LogP contribution in [0.1, 0.15) is 42.5 Å². The number of thiophene rings is 1. The van der Waals surface area contributed by atoms with Gasteiger partial charge in [-0.2, -0.15) is 10.5 Å². The maximum atomic E-state index is 9.49. The third kappa shape index (κ3) is 2.01. The van der Waals surface area contributed by atoms with E-state index in [1.807, 2.05) is 19.9 Å². The van der Waals surface area contributed by atoms with Gasteiger partial charge in [-0.1, -0.05) is 0 Å². The van der Waals surface area contributed by atoms with E-state index in [0.717, 1.165) is 22.0 Å². The number of anilines is 1. The highest BCUT2D eigenvalue weighted by Gasteiger charge is 2.33. The van der Waals surface area contributed by atoms with Crippen LogP contribution in [-0.4, -0.2) is 0 Å². The van der Waals surface area contributed by atoms with E-state index in [0.29, 0.717) is 11.1 Å². The summed E-state index contributed by atoms with van der Waals surface area (Å²) >= 11 is 1.66. The monoisotopic (exact) mass is 297 g/mol. The van der Waals surface area contributed by atoms with Crippen molar-refractivity contribution in [2.45, 2.75) is 32.7 Å². The van der Waals surface area contributed by atoms with Gasteiger partial charge in [-0.25, -0.2) is 5.43 Å². The summed E-state index contributed by atoms with van der Waals surface area (Å²) in [6.45, 7) is 5.85. The Balaban J connectivity index is 2.14. The minimum Gasteiger partial charge on any atom is -0.361 e. The number of fused-ring (bicyclic) bond motifs is 1. The van der Waals surface area contributed by atoms with Crippen LogP contribution in [0.2, 0.25) is 0 Å². The van der Waals surface area contributed by atoms with Crippen LogP contribution in [0.5, 0.6) is 0 Å². The fourth-order valence-corrected chi connectivity index (χ4v) is 4.05. The summed E-state index contributed by atoms with van der Waals surface area (Å²) in [5.41, 5.74) is 10.2. The van der Waals surface area contributed by atoms with Gasteiger partial charge in [-0.15, -0.1) is 11.3 Å². The summed E-state index contributed by atoms with van der Waals surface area (Å²) in [5.74, 6) is -0.258. The number of allylic oxidation sites excluding steroid dienone is 4. The number of nitriles is 2. The zero-order valence-corrected chi connectivity index (χ0v) is 12.9. The molecule has 1 atom stereocenters. The van der Waals surface area contributed by atoms with E-state index in [1.165, 1.54) is 4.88 Å². The summed E-state index contributed by atoms with van der Waals surface area (Å²) in [6.07, 6.45) is 0. The van der Waals surface area contributed by atoms with Crippen molar-refractivity contribution in [2.24, 2.45) is 0 Å². The van der Waals surface area contributed by atoms with Gasteiger partial charge in [0.2, 0.25) is 0 Å². The molecular formula is C15H15N5S. The summed E-state index contributed by atoms with van der Waals surface area (Å²) < 4.78 is 0. The second-order valence-corrected chi connectivity index (χ2v) is 6.39. The Kier molecular flexibility index (Phi) is 3.21. The van der Waals surface area contributed by atoms with Crippen molar-refractivity contribution in [3.05, 3.63) is 38.4 Å². The molecule has 106 valence electrons. The Bertz CT molecular complexity index is 720. The SMILES string of the molecule is CC1=C(C#N)C(c2cc3c(s2)C(C)NN3)C(C#N)=C(C)N1. The van der Waals surface area contributed by atoms with Gasteiger partial charge < -0.3 is 10.7 Å². The first-order valence-electron chi connectivity index (χ1n) is 6.70. The fourth-order valence-electron chi connectivity index (χ4n) is 2.81. The van der Waals surface area contributed by atoms with E-state index in [4.69, 9.17) is 0 Å². The molecule has 3 heterocycles. The first kappa shape index (κ1) is 13.7. The van der Waals surface area contributed by atoms with Crippen LogP contribution >= 0.6 is 11.3 Å². The molecule has 2 aliphatic rings. The Hall–Kier alpha value is -2.28. The van der Waals surface area contributed by atoms with Gasteiger partial charge >= 0.3 is 0 Å². The number of nitrogens with zero attached hydrogens (tertiary/aromatic N) is 2. The first-order chi connectivity index (χ1) is 10.1. The molecule has 1 unspecified atom stereocenters. The van der Waals surface area contributed by atoms with Crippen LogP contribution in [0.4, 0.5) is 5.69 Å². The van der Waals surface area contributed by atoms with Gasteiger partial charge in [-0.3, -0.25) is 0 Å². The zero-order valence-electron chi connectivity index (χ0n) is 12.0. The third-order valence-electron chi connectivity index (χ3n) is 3.88. The number of rotatable bonds is 1. The summed E-state index contributed by atoms with van der Waals surface area (Å²) in [6, 6.07) is 6.82. The predicted molar refractivity (Wildman–Crippen MR) is 82.0 cm³/mol. The van der Waals surface area contributed by atoms with Crippen molar-refractivity contribution in [3.8, 4) is 12.1 Å². The van der Waals surface area contributed by atoms with Gasteiger partial charge in [0, 0.05) is 21.1 Å². The molecule has 1 aromatic heterocycles. The van der Waals surface area contributed by atoms with Crippen LogP contribution in [0.3, 0.4) is 0 Å². The number of hydrogen-bond donors (Lipinski definition) is 3. The molecule has 0 bridgehead atoms. The summed E-state index contributed by atoms with van der Waals surface area (Å²) in [7, 11) is 0. The van der Waals surface area contributed by atoms with Crippen LogP contribution < -0.4 is 16.2 Å². The maximum absolute atomic E-state index is 9.49. The highest BCUT2D eigenvalue weighted by atomic mass is 32.1. The highest BCUT2D eigenvalue weighted by Crippen LogP contribution is 2.45. The second kappa shape index (κ2) is 4.92. The Morgan fingerprint density at radius 3 is 2.29 bits per heavy atom. The van der Waals surface area contributed by atoms with Crippen LogP contribution in [-0.2, 0) is 0 Å². The van der Waals surface area contributed by atoms with Gasteiger partial charge in [0.15, 0.2) is 0 Å². The average Bonchev–Trinajstić information content (AvgIpc) is 3.00. The quantitative estimate of drug-likeness (QED) is 0.742. The Morgan fingerprint density at radius 1 is 1.14 bits per heavy atom. The summed E-state index contributed by atoms with van der Waals surface area (Å²) in [5, 5.41) is 22.1. The van der Waals surface area contributed by atoms with Crippen molar-refractivity contribution in [2.75, 3.05) is 5.43 Å². The Morgan fingerprint density at radius 2 is 1.76 bits per heavy atom. The largest absolute Gasteiger partial charge is 0.361 e. The minimum atomic E-state index is -0.258. The molecule has 2 aliphatic heterocycles. The maximum Gasteiger partial charge on any atom is 0.0976 e. The van der Waals surface area contributed by atoms with E-state index >= 15 is 0 Å². The minimum absolute atomic E-state index is 0.242. The van der Waals surface area contributed by atoms with Crippen molar-refractivity contribution in [1.29, 1.82) is 10.5 Å². The second-order valence-electron chi connectivity index (χ2n) is 5.28. The zero-order chi connectivity index (χ0) is 15.1. The molecular weight excluding hydrogens is 282 g/mol. The topological polar surface area (TPSA) is 83.7 Å². The lowest BCUT2D eigenvalue weighted by atomic mass is 9.86. The molecule has 3 N–H and O–H groups in total. The highest BCUT2D eigenvalue weighted by molar-refractivity contribution is 7.12. The van der Waals surface area contributed by atoms with E-state index in [9.17, 15) is 10.5 Å². The molecule has 1 aromatic rings. The fraction of sp³-hybridized carbons (Fsp3) is 0.333. The summed E-state index contributed by atoms with van der Waals surface area (Å²) in [4.78, 5) is 2.25. The number of hydrogen-bond acceptors (Lipinski definition) is 6. The van der Waals surface area contributed by atoms with Gasteiger partial charge in [0.25, 0.3) is 0 Å². The third-order valence-corrected chi connectivity index (χ3v) is 5.26. The lowest BCUT2D eigenvalue weighted by molar-refractivity contribution is 0.695. The molecule has 0 aliphatic carbocycles. The molecule has 0 saturated carbocycles. The standard InChI is InChI=1S/C15H15N5S/c1-7-10(5-16)14(11(6-17)8(2)18-7)13-4-12-15(21-13)9(3)19-20-12/h4,9,14,18-20H,1-3H3. The molecule has 21 heavy (non-hydrogen) atoms. The Labute approximate surface area is 127 Å². The first-order valence-corrected chi connectivity index (χ1v) is 7.52. The van der Waals surface area contributed by atoms with Crippen LogP contribution in [0, 0.1) is 22.7 Å². The molecule has 6 heteroatoms. The van der Waals surface area contributed by atoms with E-state index in [2.05, 4.69) is 35.2 Å². The molecule has 0 radical (unpaired) electrons. The van der Waals surface area contributed by atoms with Gasteiger partial charge in [-0.05, 0) is 26.8 Å². The van der Waals surface area contributed by atoms with Gasteiger partial charge in [0.1, 0.15) is 0 Å². The van der Waals surface area contributed by atoms with Crippen molar-refractivity contribution >= 4 is 17.0 Å². The van der Waals surface area contributed by atoms with Crippen molar-refractivity contribution in [3.63, 3.8) is 0 Å². The van der Waals surface area contributed by atoms with E-state index in [1.54, 1.807) is 11.3 Å². The van der Waals surface area contributed by atoms with Crippen LogP contribution in [0.25, 0.3) is 0 Å². The molecule has 0 saturated heterocycles. The van der Waals surface area contributed by atoms with E-state index < -0.39 is 0 Å². The molecule has 0 fully saturated rings. The number of nitrogens with one attached hydrogen (secondary N) is 3. The molecule has 5 nitrogen and oxygen atoms in total. The van der Waals surface area contributed by atoms with Gasteiger partial charge in [0.05, 0.1) is 40.9 Å². The number of hydrazine groups is 1. The molecule has 0 aromatic carbocycles.